The second-order valence-corrected chi connectivity index (χ2v) is 7.63. The first-order valence-electron chi connectivity index (χ1n) is 10.1. The second-order valence-electron chi connectivity index (χ2n) is 7.63. The van der Waals surface area contributed by atoms with Crippen molar-refractivity contribution in [1.29, 1.82) is 0 Å². The number of fused-ring (bicyclic) bond motifs is 5. The van der Waals surface area contributed by atoms with Crippen LogP contribution in [0.4, 0.5) is 5.69 Å². The summed E-state index contributed by atoms with van der Waals surface area (Å²) in [6.07, 6.45) is 0.781. The Morgan fingerprint density at radius 1 is 1.12 bits per heavy atom. The van der Waals surface area contributed by atoms with Crippen molar-refractivity contribution >= 4 is 35.4 Å². The Labute approximate surface area is 183 Å². The second kappa shape index (κ2) is 7.86. The monoisotopic (exact) mass is 443 g/mol. The molecule has 0 aromatic heterocycles. The minimum absolute atomic E-state index is 0.176. The Balaban J connectivity index is 1.71. The molecule has 3 heterocycles. The Bertz CT molecular complexity index is 1030. The molecule has 4 atom stereocenters. The quantitative estimate of drug-likeness (QED) is 0.275. The minimum Gasteiger partial charge on any atom is -0.462 e. The number of carbonyl (C=O) groups is 5. The van der Waals surface area contributed by atoms with Crippen LogP contribution in [-0.4, -0.2) is 54.3 Å². The molecule has 0 unspecified atom stereocenters. The van der Waals surface area contributed by atoms with Gasteiger partial charge in [-0.15, -0.1) is 0 Å². The molecular weight excluding hydrogens is 422 g/mol. The zero-order valence-electron chi connectivity index (χ0n) is 17.6. The summed E-state index contributed by atoms with van der Waals surface area (Å²) in [6, 6.07) is 5.97. The molecule has 0 saturated carbocycles. The number of ether oxygens (including phenoxy) is 4. The van der Waals surface area contributed by atoms with Gasteiger partial charge < -0.3 is 18.9 Å². The van der Waals surface area contributed by atoms with E-state index in [1.165, 1.54) is 30.3 Å². The first-order chi connectivity index (χ1) is 15.2. The molecule has 0 radical (unpaired) electrons. The lowest BCUT2D eigenvalue weighted by molar-refractivity contribution is -0.226. The highest BCUT2D eigenvalue weighted by atomic mass is 16.7. The number of esters is 3. The van der Waals surface area contributed by atoms with E-state index in [9.17, 15) is 24.0 Å². The molecule has 2 bridgehead atoms. The molecule has 2 saturated heterocycles. The number of anilines is 1. The molecule has 2 amide bonds. The number of hydrogen-bond acceptors (Lipinski definition) is 9. The summed E-state index contributed by atoms with van der Waals surface area (Å²) in [5.41, 5.74) is -1.25. The van der Waals surface area contributed by atoms with E-state index in [1.54, 1.807) is 13.0 Å². The summed E-state index contributed by atoms with van der Waals surface area (Å²) < 4.78 is 21.2. The molecule has 4 rings (SSSR count). The predicted octanol–water partition coefficient (Wildman–Crippen LogP) is 1.13. The third kappa shape index (κ3) is 3.27. The Morgan fingerprint density at radius 3 is 2.44 bits per heavy atom. The van der Waals surface area contributed by atoms with Gasteiger partial charge in [0.25, 0.3) is 6.29 Å². The minimum atomic E-state index is -1.63. The van der Waals surface area contributed by atoms with Gasteiger partial charge in [0.2, 0.25) is 11.8 Å². The van der Waals surface area contributed by atoms with Crippen molar-refractivity contribution in [3.63, 3.8) is 0 Å². The molecule has 1 aromatic carbocycles. The van der Waals surface area contributed by atoms with Crippen LogP contribution in [0, 0.1) is 11.8 Å². The maximum absolute atomic E-state index is 13.5. The average Bonchev–Trinajstić information content (AvgIpc) is 3.38. The van der Waals surface area contributed by atoms with Crippen LogP contribution in [0.5, 0.6) is 0 Å². The molecule has 3 aliphatic heterocycles. The van der Waals surface area contributed by atoms with Crippen molar-refractivity contribution in [1.82, 2.24) is 0 Å². The fraction of sp³-hybridized carbons (Fsp3) is 0.409. The molecule has 0 aliphatic carbocycles. The molecule has 1 aromatic rings. The molecule has 10 nitrogen and oxygen atoms in total. The largest absolute Gasteiger partial charge is 0.462 e. The lowest BCUT2D eigenvalue weighted by atomic mass is 9.76. The average molecular weight is 443 g/mol. The third-order valence-electron chi connectivity index (χ3n) is 5.61. The maximum Gasteiger partial charge on any atom is 0.338 e. The number of benzene rings is 1. The standard InChI is InChI=1S/C22H21NO9/c1-4-29-20(28)13-6-5-7-14(10-13)23-18(26)16-15-8-9-22(32-15,17(16)19(23)27)21(30-11(2)24)31-12(3)25/h5-10,15-17,21H,4H2,1-3H3/t15-,16-,17-,22-/m1/s1. The fourth-order valence-electron chi connectivity index (χ4n) is 4.46. The smallest absolute Gasteiger partial charge is 0.338 e. The number of imide groups is 1. The van der Waals surface area contributed by atoms with E-state index in [0.29, 0.717) is 0 Å². The van der Waals surface area contributed by atoms with Gasteiger partial charge in [-0.2, -0.15) is 0 Å². The topological polar surface area (TPSA) is 126 Å². The van der Waals surface area contributed by atoms with Crippen LogP contribution in [0.15, 0.2) is 36.4 Å². The van der Waals surface area contributed by atoms with Gasteiger partial charge in [0.1, 0.15) is 0 Å². The van der Waals surface area contributed by atoms with Crippen LogP contribution in [0.2, 0.25) is 0 Å². The van der Waals surface area contributed by atoms with Gasteiger partial charge in [-0.25, -0.2) is 9.69 Å². The highest BCUT2D eigenvalue weighted by molar-refractivity contribution is 6.23. The van der Waals surface area contributed by atoms with E-state index in [4.69, 9.17) is 18.9 Å². The number of hydrogen-bond donors (Lipinski definition) is 0. The van der Waals surface area contributed by atoms with Crippen LogP contribution >= 0.6 is 0 Å². The van der Waals surface area contributed by atoms with E-state index in [-0.39, 0.29) is 17.9 Å². The van der Waals surface area contributed by atoms with Gasteiger partial charge in [0, 0.05) is 13.8 Å². The molecule has 10 heteroatoms. The van der Waals surface area contributed by atoms with E-state index >= 15 is 0 Å². The van der Waals surface area contributed by atoms with Gasteiger partial charge in [0.15, 0.2) is 5.60 Å². The Morgan fingerprint density at radius 2 is 1.81 bits per heavy atom. The zero-order valence-corrected chi connectivity index (χ0v) is 17.6. The third-order valence-corrected chi connectivity index (χ3v) is 5.61. The number of amides is 2. The van der Waals surface area contributed by atoms with Gasteiger partial charge in [0.05, 0.1) is 35.8 Å². The van der Waals surface area contributed by atoms with Crippen LogP contribution in [-0.2, 0) is 38.1 Å². The number of nitrogens with zero attached hydrogens (tertiary/aromatic N) is 1. The summed E-state index contributed by atoms with van der Waals surface area (Å²) in [5, 5.41) is 0. The summed E-state index contributed by atoms with van der Waals surface area (Å²) in [4.78, 5) is 63.1. The summed E-state index contributed by atoms with van der Waals surface area (Å²) in [6.45, 7) is 4.10. The highest BCUT2D eigenvalue weighted by Gasteiger charge is 2.72. The fourth-order valence-corrected chi connectivity index (χ4v) is 4.46. The molecule has 32 heavy (non-hydrogen) atoms. The molecule has 0 N–H and O–H groups in total. The molecule has 168 valence electrons. The van der Waals surface area contributed by atoms with Crippen molar-refractivity contribution in [2.45, 2.75) is 38.8 Å². The Hall–Kier alpha value is -3.53. The lowest BCUT2D eigenvalue weighted by Crippen LogP contribution is -2.52. The van der Waals surface area contributed by atoms with Crippen molar-refractivity contribution in [2.24, 2.45) is 11.8 Å². The van der Waals surface area contributed by atoms with E-state index in [1.807, 2.05) is 0 Å². The van der Waals surface area contributed by atoms with Gasteiger partial charge in [-0.1, -0.05) is 12.1 Å². The number of carbonyl (C=O) groups excluding carboxylic acids is 5. The summed E-state index contributed by atoms with van der Waals surface area (Å²) >= 11 is 0. The van der Waals surface area contributed by atoms with Crippen LogP contribution in [0.25, 0.3) is 0 Å². The van der Waals surface area contributed by atoms with Gasteiger partial charge in [-0.05, 0) is 31.2 Å². The van der Waals surface area contributed by atoms with Gasteiger partial charge >= 0.3 is 17.9 Å². The predicted molar refractivity (Wildman–Crippen MR) is 106 cm³/mol. The van der Waals surface area contributed by atoms with Gasteiger partial charge in [-0.3, -0.25) is 19.2 Å². The Kier molecular flexibility index (Phi) is 5.33. The summed E-state index contributed by atoms with van der Waals surface area (Å²) in [5.74, 6) is -5.19. The molecule has 3 aliphatic rings. The van der Waals surface area contributed by atoms with Crippen LogP contribution in [0.3, 0.4) is 0 Å². The number of rotatable bonds is 6. The molecule has 2 fully saturated rings. The zero-order chi connectivity index (χ0) is 23.2. The van der Waals surface area contributed by atoms with Crippen molar-refractivity contribution in [2.75, 3.05) is 11.5 Å². The maximum atomic E-state index is 13.5. The van der Waals surface area contributed by atoms with Crippen LogP contribution < -0.4 is 4.90 Å². The van der Waals surface area contributed by atoms with Crippen molar-refractivity contribution in [3.05, 3.63) is 42.0 Å². The molecular formula is C22H21NO9. The van der Waals surface area contributed by atoms with Crippen molar-refractivity contribution < 1.29 is 42.9 Å². The van der Waals surface area contributed by atoms with E-state index < -0.39 is 59.6 Å². The van der Waals surface area contributed by atoms with E-state index in [2.05, 4.69) is 0 Å². The lowest BCUT2D eigenvalue weighted by Gasteiger charge is -2.34. The van der Waals surface area contributed by atoms with E-state index in [0.717, 1.165) is 18.7 Å². The first-order valence-corrected chi connectivity index (χ1v) is 10.1. The summed E-state index contributed by atoms with van der Waals surface area (Å²) in [7, 11) is 0. The van der Waals surface area contributed by atoms with Crippen LogP contribution in [0.1, 0.15) is 31.1 Å². The normalized spacial score (nSPS) is 27.6. The van der Waals surface area contributed by atoms with Crippen molar-refractivity contribution in [3.8, 4) is 0 Å². The SMILES string of the molecule is CCOC(=O)c1cccc(N2C(=O)[C@@H]3[C@H]4C=C[C@@](C(OC(C)=O)OC(C)=O)(O4)[C@H]3C2=O)c1. The highest BCUT2D eigenvalue weighted by Crippen LogP contribution is 2.54. The molecule has 0 spiro atoms. The first kappa shape index (κ1) is 21.7.